The van der Waals surface area contributed by atoms with Crippen molar-refractivity contribution < 1.29 is 28.4 Å². The van der Waals surface area contributed by atoms with Crippen molar-refractivity contribution in [1.82, 2.24) is 0 Å². The second-order valence-electron chi connectivity index (χ2n) is 13.1. The Bertz CT molecular complexity index is 1170. The van der Waals surface area contributed by atoms with Gasteiger partial charge in [0.15, 0.2) is 12.6 Å². The van der Waals surface area contributed by atoms with E-state index in [-0.39, 0.29) is 56.6 Å². The lowest BCUT2D eigenvalue weighted by Crippen LogP contribution is -2.63. The van der Waals surface area contributed by atoms with E-state index in [0.29, 0.717) is 24.9 Å². The second kappa shape index (κ2) is 17.3. The van der Waals surface area contributed by atoms with E-state index in [0.717, 1.165) is 18.4 Å². The fraction of sp³-hybridized carbons (Fsp3) is 0.818. The predicted molar refractivity (Wildman–Crippen MR) is 178 cm³/mol. The zero-order valence-electron chi connectivity index (χ0n) is 28.2. The molecule has 0 radical (unpaired) electrons. The summed E-state index contributed by atoms with van der Waals surface area (Å²) < 4.78 is 49.6. The number of hydrogen-bond donors (Lipinski definition) is 2. The molecule has 17 atom stereocenters. The highest BCUT2D eigenvalue weighted by atomic mass is 31.0. The maximum Gasteiger partial charge on any atom is 0.183 e. The van der Waals surface area contributed by atoms with Crippen molar-refractivity contribution in [3.8, 4) is 0 Å². The number of benzene rings is 1. The first kappa shape index (κ1) is 36.6. The molecule has 3 fully saturated rings. The molecule has 0 saturated carbocycles. The first-order chi connectivity index (χ1) is 21.7. The molecule has 0 spiro atoms. The first-order valence-corrected chi connectivity index (χ1v) is 18.7. The number of nitrogens with one attached hydrogen (secondary N) is 2. The van der Waals surface area contributed by atoms with Crippen LogP contribution in [0.1, 0.15) is 80.2 Å². The summed E-state index contributed by atoms with van der Waals surface area (Å²) in [5, 5.41) is 15.9. The summed E-state index contributed by atoms with van der Waals surface area (Å²) in [4.78, 5) is 0. The Morgan fingerprint density at radius 3 is 1.84 bits per heavy atom. The van der Waals surface area contributed by atoms with Gasteiger partial charge in [-0.25, -0.2) is 4.74 Å². The smallest absolute Gasteiger partial charge is 0.183 e. The third-order valence-electron chi connectivity index (χ3n) is 10.4. The van der Waals surface area contributed by atoms with Crippen LogP contribution in [0.3, 0.4) is 0 Å². The molecule has 3 heterocycles. The molecule has 0 amide bonds. The minimum Gasteiger partial charge on any atom is -0.370 e. The van der Waals surface area contributed by atoms with Crippen LogP contribution >= 0.6 is 16.3 Å². The summed E-state index contributed by atoms with van der Waals surface area (Å²) in [5.74, 6) is 1.06. The SMILES string of the molecule is CCC1O[C@@H](O[C@@H]2C(CC)O[C@@H](C)C(N=[PH]=N)[C@H]2C)C(N=[PH]=N)C(OCc2ccccc2)[C@@H]1O[C@@H]1OC(CC)[C@@H](C)[C@H](C)C1C. The lowest BCUT2D eigenvalue weighted by molar-refractivity contribution is -0.341. The monoisotopic (exact) mass is 666 g/mol. The molecule has 4 rings (SSSR count). The fourth-order valence-corrected chi connectivity index (χ4v) is 8.33. The summed E-state index contributed by atoms with van der Waals surface area (Å²) in [6.45, 7) is 17.6. The standard InChI is InChI=1S/C33H56N4O6P2/c1-9-24-19(5)18(4)20(6)32(40-24)43-30-26(11-3)41-33(28(37-45-35)31(30)38-17-23-15-13-12-14-16-23)42-29-21(7)27(36-44-34)22(8)39-25(29)10-2/h12-16,18-22,24-35,44-45H,9-11,17H2,1-8H3/t18-,19-,20?,21+,22-,24?,25?,26?,27?,28?,29-,30+,31?,32-,33-/m0/s1. The van der Waals surface area contributed by atoms with Crippen LogP contribution in [-0.4, -0.2) is 67.4 Å². The van der Waals surface area contributed by atoms with Crippen molar-refractivity contribution in [2.45, 2.75) is 149 Å². The van der Waals surface area contributed by atoms with Crippen molar-refractivity contribution >= 4 is 16.3 Å². The topological polar surface area (TPSA) is 128 Å². The Hall–Kier alpha value is -1.22. The van der Waals surface area contributed by atoms with Crippen molar-refractivity contribution in [3.05, 3.63) is 35.9 Å². The minimum absolute atomic E-state index is 0.0166. The predicted octanol–water partition coefficient (Wildman–Crippen LogP) is 8.34. The molecule has 0 aromatic heterocycles. The van der Waals surface area contributed by atoms with E-state index in [2.05, 4.69) is 53.2 Å². The van der Waals surface area contributed by atoms with Crippen LogP contribution in [0.25, 0.3) is 0 Å². The van der Waals surface area contributed by atoms with Crippen LogP contribution in [0.2, 0.25) is 0 Å². The Morgan fingerprint density at radius 1 is 0.644 bits per heavy atom. The Kier molecular flexibility index (Phi) is 14.0. The van der Waals surface area contributed by atoms with Gasteiger partial charge >= 0.3 is 0 Å². The van der Waals surface area contributed by atoms with Gasteiger partial charge in [0.2, 0.25) is 0 Å². The molecule has 45 heavy (non-hydrogen) atoms. The maximum atomic E-state index is 8.18. The van der Waals surface area contributed by atoms with Crippen molar-refractivity contribution in [2.75, 3.05) is 0 Å². The largest absolute Gasteiger partial charge is 0.370 e. The quantitative estimate of drug-likeness (QED) is 0.216. The van der Waals surface area contributed by atoms with E-state index >= 15 is 0 Å². The average Bonchev–Trinajstić information content (AvgIpc) is 3.05. The summed E-state index contributed by atoms with van der Waals surface area (Å²) >= 11 is 0. The highest BCUT2D eigenvalue weighted by Crippen LogP contribution is 2.41. The highest BCUT2D eigenvalue weighted by Gasteiger charge is 2.52. The van der Waals surface area contributed by atoms with E-state index in [1.807, 2.05) is 37.3 Å². The van der Waals surface area contributed by atoms with E-state index in [1.54, 1.807) is 0 Å². The van der Waals surface area contributed by atoms with Gasteiger partial charge in [-0.15, -0.1) is 0 Å². The van der Waals surface area contributed by atoms with Gasteiger partial charge in [-0.2, -0.15) is 0 Å². The normalized spacial score (nSPS) is 42.4. The zero-order valence-corrected chi connectivity index (χ0v) is 30.2. The molecular formula is C33H56N4O6P2. The lowest BCUT2D eigenvalue weighted by Gasteiger charge is -2.50. The van der Waals surface area contributed by atoms with E-state index in [4.69, 9.17) is 43.5 Å². The Morgan fingerprint density at radius 2 is 1.22 bits per heavy atom. The van der Waals surface area contributed by atoms with Gasteiger partial charge in [0.1, 0.15) is 18.2 Å². The maximum absolute atomic E-state index is 8.18. The first-order valence-electron chi connectivity index (χ1n) is 16.8. The highest BCUT2D eigenvalue weighted by molar-refractivity contribution is 7.13. The molecule has 0 bridgehead atoms. The van der Waals surface area contributed by atoms with Crippen LogP contribution in [0.5, 0.6) is 0 Å². The summed E-state index contributed by atoms with van der Waals surface area (Å²) in [6.07, 6.45) is -0.559. The Labute approximate surface area is 272 Å². The van der Waals surface area contributed by atoms with Gasteiger partial charge in [-0.3, -0.25) is 15.1 Å². The van der Waals surface area contributed by atoms with E-state index in [9.17, 15) is 0 Å². The molecule has 3 saturated heterocycles. The average molecular weight is 667 g/mol. The number of nitrogens with zero attached hydrogens (tertiary/aromatic N) is 2. The Balaban J connectivity index is 1.68. The van der Waals surface area contributed by atoms with Gasteiger partial charge in [0.25, 0.3) is 0 Å². The van der Waals surface area contributed by atoms with Gasteiger partial charge in [-0.1, -0.05) is 78.8 Å². The van der Waals surface area contributed by atoms with Crippen molar-refractivity contribution in [2.24, 2.45) is 33.2 Å². The van der Waals surface area contributed by atoms with Crippen LogP contribution in [0, 0.1) is 34.0 Å². The van der Waals surface area contributed by atoms with Crippen LogP contribution in [0.15, 0.2) is 39.8 Å². The van der Waals surface area contributed by atoms with Gasteiger partial charge in [0, 0.05) is 28.2 Å². The van der Waals surface area contributed by atoms with E-state index < -0.39 is 39.0 Å². The van der Waals surface area contributed by atoms with Gasteiger partial charge in [0.05, 0.1) is 43.2 Å². The summed E-state index contributed by atoms with van der Waals surface area (Å²) in [7, 11) is -0.697. The molecule has 1 aromatic carbocycles. The molecule has 3 aliphatic heterocycles. The minimum atomic E-state index is -0.752. The molecule has 9 unspecified atom stereocenters. The van der Waals surface area contributed by atoms with Crippen molar-refractivity contribution in [1.29, 1.82) is 10.3 Å². The molecule has 3 aliphatic rings. The van der Waals surface area contributed by atoms with Crippen LogP contribution in [0.4, 0.5) is 0 Å². The number of ether oxygens (including phenoxy) is 6. The molecular weight excluding hydrogens is 610 g/mol. The third kappa shape index (κ3) is 8.45. The molecule has 12 heteroatoms. The molecule has 1 aromatic rings. The van der Waals surface area contributed by atoms with Gasteiger partial charge < -0.3 is 28.4 Å². The lowest BCUT2D eigenvalue weighted by atomic mass is 9.78. The zero-order chi connectivity index (χ0) is 32.7. The molecule has 2 N–H and O–H groups in total. The van der Waals surface area contributed by atoms with Crippen molar-refractivity contribution in [3.63, 3.8) is 0 Å². The summed E-state index contributed by atoms with van der Waals surface area (Å²) in [5.41, 5.74) is 1.05. The molecule has 0 aliphatic carbocycles. The van der Waals surface area contributed by atoms with E-state index in [1.165, 1.54) is 0 Å². The fourth-order valence-electron chi connectivity index (χ4n) is 7.32. The molecule has 254 valence electrons. The summed E-state index contributed by atoms with van der Waals surface area (Å²) in [6, 6.07) is 9.36. The number of hydrogen-bond acceptors (Lipinski definition) is 10. The number of rotatable bonds is 12. The third-order valence-corrected chi connectivity index (χ3v) is 11.2. The van der Waals surface area contributed by atoms with Crippen LogP contribution in [-0.2, 0) is 35.0 Å². The molecule has 10 nitrogen and oxygen atoms in total. The second-order valence-corrected chi connectivity index (χ2v) is 14.0. The van der Waals surface area contributed by atoms with Gasteiger partial charge in [-0.05, 0) is 43.6 Å². The van der Waals surface area contributed by atoms with Crippen LogP contribution < -0.4 is 0 Å².